The van der Waals surface area contributed by atoms with Crippen LogP contribution in [0.25, 0.3) is 0 Å². The highest BCUT2D eigenvalue weighted by Crippen LogP contribution is 2.13. The zero-order chi connectivity index (χ0) is 14.8. The molecule has 0 aromatic carbocycles. The highest BCUT2D eigenvalue weighted by molar-refractivity contribution is 5.78. The van der Waals surface area contributed by atoms with Gasteiger partial charge in [-0.1, -0.05) is 40.5 Å². The molecule has 0 aromatic rings. The predicted octanol–water partition coefficient (Wildman–Crippen LogP) is 3.39. The van der Waals surface area contributed by atoms with Crippen LogP contribution in [0.1, 0.15) is 60.8 Å². The molecule has 0 saturated heterocycles. The summed E-state index contributed by atoms with van der Waals surface area (Å²) in [5.74, 6) is 1.04. The Bertz CT molecular complexity index is 237. The summed E-state index contributed by atoms with van der Waals surface area (Å²) in [5.41, 5.74) is 0. The first-order valence-electron chi connectivity index (χ1n) is 7.97. The fourth-order valence-electron chi connectivity index (χ4n) is 2.44. The molecule has 19 heavy (non-hydrogen) atoms. The molecule has 0 aliphatic carbocycles. The Morgan fingerprint density at radius 1 is 0.947 bits per heavy atom. The maximum atomic E-state index is 12.3. The minimum absolute atomic E-state index is 0.281. The Kier molecular flexibility index (Phi) is 9.94. The highest BCUT2D eigenvalue weighted by Gasteiger charge is 2.19. The van der Waals surface area contributed by atoms with E-state index in [0.717, 1.165) is 32.0 Å². The fourth-order valence-corrected chi connectivity index (χ4v) is 2.44. The number of carbonyl (C=O) groups excluding carboxylic acids is 1. The monoisotopic (exact) mass is 270 g/mol. The van der Waals surface area contributed by atoms with Crippen molar-refractivity contribution in [1.82, 2.24) is 9.80 Å². The smallest absolute Gasteiger partial charge is 0.236 e. The largest absolute Gasteiger partial charge is 0.339 e. The van der Waals surface area contributed by atoms with Gasteiger partial charge in [-0.25, -0.2) is 0 Å². The fraction of sp³-hybridized carbons (Fsp3) is 0.938. The second-order valence-corrected chi connectivity index (χ2v) is 5.81. The SMILES string of the molecule is CCN(CC)CC(=O)N(CC)C(C)CCCC(C)C. The molecule has 0 heterocycles. The van der Waals surface area contributed by atoms with Crippen molar-refractivity contribution in [3.8, 4) is 0 Å². The van der Waals surface area contributed by atoms with Gasteiger partial charge in [0.25, 0.3) is 0 Å². The molecule has 0 bridgehead atoms. The van der Waals surface area contributed by atoms with Gasteiger partial charge in [-0.15, -0.1) is 0 Å². The van der Waals surface area contributed by atoms with E-state index in [1.165, 1.54) is 12.8 Å². The van der Waals surface area contributed by atoms with Crippen molar-refractivity contribution in [1.29, 1.82) is 0 Å². The van der Waals surface area contributed by atoms with Gasteiger partial charge >= 0.3 is 0 Å². The van der Waals surface area contributed by atoms with Gasteiger partial charge < -0.3 is 4.90 Å². The van der Waals surface area contributed by atoms with Crippen molar-refractivity contribution in [3.63, 3.8) is 0 Å². The van der Waals surface area contributed by atoms with Crippen molar-refractivity contribution in [2.45, 2.75) is 66.8 Å². The van der Waals surface area contributed by atoms with Crippen molar-refractivity contribution in [2.75, 3.05) is 26.2 Å². The summed E-state index contributed by atoms with van der Waals surface area (Å²) < 4.78 is 0. The lowest BCUT2D eigenvalue weighted by Gasteiger charge is -2.30. The van der Waals surface area contributed by atoms with E-state index in [1.54, 1.807) is 0 Å². The number of nitrogens with zero attached hydrogens (tertiary/aromatic N) is 2. The van der Waals surface area contributed by atoms with Crippen LogP contribution in [-0.4, -0.2) is 47.9 Å². The van der Waals surface area contributed by atoms with Gasteiger partial charge in [0, 0.05) is 12.6 Å². The summed E-state index contributed by atoms with van der Waals surface area (Å²) in [6.07, 6.45) is 3.59. The quantitative estimate of drug-likeness (QED) is 0.607. The molecule has 0 spiro atoms. The molecule has 0 aliphatic heterocycles. The van der Waals surface area contributed by atoms with E-state index in [-0.39, 0.29) is 5.91 Å². The highest BCUT2D eigenvalue weighted by atomic mass is 16.2. The second-order valence-electron chi connectivity index (χ2n) is 5.81. The van der Waals surface area contributed by atoms with Gasteiger partial charge in [0.2, 0.25) is 5.91 Å². The number of rotatable bonds is 10. The lowest BCUT2D eigenvalue weighted by molar-refractivity contribution is -0.134. The molecule has 1 amide bonds. The minimum Gasteiger partial charge on any atom is -0.339 e. The summed E-state index contributed by atoms with van der Waals surface area (Å²) in [5, 5.41) is 0. The summed E-state index contributed by atoms with van der Waals surface area (Å²) in [6.45, 7) is 16.3. The molecule has 0 aromatic heterocycles. The number of amides is 1. The lowest BCUT2D eigenvalue weighted by Crippen LogP contribution is -2.44. The molecular formula is C16H34N2O. The first-order valence-corrected chi connectivity index (χ1v) is 7.97. The zero-order valence-electron chi connectivity index (χ0n) is 13.9. The molecule has 3 heteroatoms. The third-order valence-corrected chi connectivity index (χ3v) is 3.85. The van der Waals surface area contributed by atoms with Crippen LogP contribution in [0.4, 0.5) is 0 Å². The molecule has 1 unspecified atom stereocenters. The number of hydrogen-bond donors (Lipinski definition) is 0. The Morgan fingerprint density at radius 2 is 1.53 bits per heavy atom. The Morgan fingerprint density at radius 3 is 1.95 bits per heavy atom. The molecule has 1 atom stereocenters. The van der Waals surface area contributed by atoms with Crippen molar-refractivity contribution < 1.29 is 4.79 Å². The Balaban J connectivity index is 4.25. The summed E-state index contributed by atoms with van der Waals surface area (Å²) >= 11 is 0. The summed E-state index contributed by atoms with van der Waals surface area (Å²) in [7, 11) is 0. The lowest BCUT2D eigenvalue weighted by atomic mass is 10.0. The first kappa shape index (κ1) is 18.4. The molecule has 114 valence electrons. The first-order chi connectivity index (χ1) is 8.96. The van der Waals surface area contributed by atoms with Gasteiger partial charge in [0.15, 0.2) is 0 Å². The molecule has 0 radical (unpaired) electrons. The molecular weight excluding hydrogens is 236 g/mol. The molecule has 0 saturated carbocycles. The van der Waals surface area contributed by atoms with Crippen molar-refractivity contribution >= 4 is 5.91 Å². The standard InChI is InChI=1S/C16H34N2O/c1-7-17(8-2)13-16(19)18(9-3)15(6)12-10-11-14(4)5/h14-15H,7-13H2,1-6H3. The van der Waals surface area contributed by atoms with Crippen LogP contribution in [0.3, 0.4) is 0 Å². The van der Waals surface area contributed by atoms with Gasteiger partial charge in [0.05, 0.1) is 6.54 Å². The van der Waals surface area contributed by atoms with E-state index in [9.17, 15) is 4.79 Å². The topological polar surface area (TPSA) is 23.6 Å². The molecule has 0 rings (SSSR count). The van der Waals surface area contributed by atoms with Gasteiger partial charge in [-0.2, -0.15) is 0 Å². The van der Waals surface area contributed by atoms with Gasteiger partial charge in [-0.3, -0.25) is 9.69 Å². The number of carbonyl (C=O) groups is 1. The molecule has 0 aliphatic rings. The molecule has 0 fully saturated rings. The third kappa shape index (κ3) is 7.56. The summed E-state index contributed by atoms with van der Waals surface area (Å²) in [4.78, 5) is 16.6. The zero-order valence-corrected chi connectivity index (χ0v) is 13.9. The van der Waals surface area contributed by atoms with Crippen LogP contribution in [0.5, 0.6) is 0 Å². The predicted molar refractivity (Wildman–Crippen MR) is 83.3 cm³/mol. The third-order valence-electron chi connectivity index (χ3n) is 3.85. The van der Waals surface area contributed by atoms with Crippen LogP contribution < -0.4 is 0 Å². The van der Waals surface area contributed by atoms with E-state index in [1.807, 2.05) is 4.90 Å². The van der Waals surface area contributed by atoms with Gasteiger partial charge in [0.1, 0.15) is 0 Å². The Hall–Kier alpha value is -0.570. The van der Waals surface area contributed by atoms with Crippen LogP contribution in [0.15, 0.2) is 0 Å². The normalized spacial score (nSPS) is 13.1. The van der Waals surface area contributed by atoms with E-state index in [2.05, 4.69) is 46.4 Å². The van der Waals surface area contributed by atoms with E-state index in [0.29, 0.717) is 12.6 Å². The van der Waals surface area contributed by atoms with Crippen LogP contribution in [0, 0.1) is 5.92 Å². The van der Waals surface area contributed by atoms with E-state index < -0.39 is 0 Å². The van der Waals surface area contributed by atoms with Crippen LogP contribution in [0.2, 0.25) is 0 Å². The van der Waals surface area contributed by atoms with Crippen LogP contribution >= 0.6 is 0 Å². The molecule has 0 N–H and O–H groups in total. The van der Waals surface area contributed by atoms with Gasteiger partial charge in [-0.05, 0) is 39.3 Å². The van der Waals surface area contributed by atoms with Crippen molar-refractivity contribution in [2.24, 2.45) is 5.92 Å². The maximum absolute atomic E-state index is 12.3. The molecule has 3 nitrogen and oxygen atoms in total. The minimum atomic E-state index is 0.281. The Labute approximate surface area is 120 Å². The number of hydrogen-bond acceptors (Lipinski definition) is 2. The average Bonchev–Trinajstić information content (AvgIpc) is 2.36. The van der Waals surface area contributed by atoms with Crippen LogP contribution in [-0.2, 0) is 4.79 Å². The summed E-state index contributed by atoms with van der Waals surface area (Å²) in [6, 6.07) is 0.367. The average molecular weight is 270 g/mol. The number of likely N-dealkylation sites (N-methyl/N-ethyl adjacent to an activating group) is 2. The maximum Gasteiger partial charge on any atom is 0.236 e. The van der Waals surface area contributed by atoms with Crippen molar-refractivity contribution in [3.05, 3.63) is 0 Å². The van der Waals surface area contributed by atoms with E-state index in [4.69, 9.17) is 0 Å². The van der Waals surface area contributed by atoms with E-state index >= 15 is 0 Å². The second kappa shape index (κ2) is 10.2.